The van der Waals surface area contributed by atoms with Crippen molar-refractivity contribution in [3.05, 3.63) is 34.2 Å². The Bertz CT molecular complexity index is 577. The van der Waals surface area contributed by atoms with E-state index in [9.17, 15) is 9.59 Å². The molecule has 0 radical (unpaired) electrons. The Kier molecular flexibility index (Phi) is 4.49. The van der Waals surface area contributed by atoms with Crippen molar-refractivity contribution in [3.8, 4) is 0 Å². The molecule has 1 aliphatic heterocycles. The molecule has 0 atom stereocenters. The van der Waals surface area contributed by atoms with Gasteiger partial charge in [-0.05, 0) is 25.2 Å². The van der Waals surface area contributed by atoms with Crippen molar-refractivity contribution < 1.29 is 4.79 Å². The third-order valence-electron chi connectivity index (χ3n) is 3.70. The second-order valence-electron chi connectivity index (χ2n) is 4.78. The molecular weight excluding hydrogens is 294 g/mol. The molecule has 108 valence electrons. The van der Waals surface area contributed by atoms with E-state index in [1.165, 1.54) is 6.07 Å². The van der Waals surface area contributed by atoms with Crippen LogP contribution in [0.15, 0.2) is 23.0 Å². The fourth-order valence-corrected chi connectivity index (χ4v) is 3.61. The fourth-order valence-electron chi connectivity index (χ4n) is 2.37. The topological polar surface area (TPSA) is 79.2 Å². The molecular formula is C13H17N3O2S2. The molecule has 0 spiro atoms. The molecule has 0 aliphatic carbocycles. The molecule has 1 aliphatic rings. The molecule has 1 aromatic rings. The summed E-state index contributed by atoms with van der Waals surface area (Å²) >= 11 is 6.80. The lowest BCUT2D eigenvalue weighted by Gasteiger charge is -2.39. The number of piperidine rings is 1. The maximum atomic E-state index is 12.3. The number of aromatic amines is 1. The van der Waals surface area contributed by atoms with Gasteiger partial charge in [0, 0.05) is 19.2 Å². The van der Waals surface area contributed by atoms with Gasteiger partial charge in [0.25, 0.3) is 5.91 Å². The lowest BCUT2D eigenvalue weighted by Crippen LogP contribution is -2.50. The largest absolute Gasteiger partial charge is 0.392 e. The Morgan fingerprint density at radius 1 is 1.45 bits per heavy atom. The van der Waals surface area contributed by atoms with E-state index in [2.05, 4.69) is 4.98 Å². The number of hydrogen-bond acceptors (Lipinski definition) is 4. The van der Waals surface area contributed by atoms with Crippen molar-refractivity contribution in [2.45, 2.75) is 17.6 Å². The molecule has 7 heteroatoms. The standard InChI is InChI=1S/C13H17N3O2S2/c1-20-13(12(14)19)5-7-16(8-6-13)11(18)9-3-2-4-10(17)15-9/h2-4H,5-8H2,1H3,(H2,14,19)(H,15,17). The summed E-state index contributed by atoms with van der Waals surface area (Å²) in [6.45, 7) is 1.18. The number of carbonyl (C=O) groups excluding carboxylic acids is 1. The normalized spacial score (nSPS) is 17.8. The number of H-pyrrole nitrogens is 1. The van der Waals surface area contributed by atoms with Gasteiger partial charge in [0.2, 0.25) is 5.56 Å². The number of thioether (sulfide) groups is 1. The van der Waals surface area contributed by atoms with Crippen molar-refractivity contribution in [1.29, 1.82) is 0 Å². The first-order valence-corrected chi connectivity index (χ1v) is 7.95. The SMILES string of the molecule is CSC1(C(N)=S)CCN(C(=O)c2cccc(=O)[nH]2)CC1. The predicted octanol–water partition coefficient (Wildman–Crippen LogP) is 0.999. The summed E-state index contributed by atoms with van der Waals surface area (Å²) in [6, 6.07) is 4.59. The number of likely N-dealkylation sites (tertiary alicyclic amines) is 1. The van der Waals surface area contributed by atoms with Crippen LogP contribution in [0.3, 0.4) is 0 Å². The van der Waals surface area contributed by atoms with Crippen LogP contribution in [0, 0.1) is 0 Å². The third-order valence-corrected chi connectivity index (χ3v) is 5.63. The fraction of sp³-hybridized carbons (Fsp3) is 0.462. The third kappa shape index (κ3) is 2.88. The van der Waals surface area contributed by atoms with Crippen LogP contribution in [0.2, 0.25) is 0 Å². The zero-order valence-electron chi connectivity index (χ0n) is 11.2. The number of rotatable bonds is 3. The summed E-state index contributed by atoms with van der Waals surface area (Å²) in [7, 11) is 0. The molecule has 1 amide bonds. The number of pyridine rings is 1. The van der Waals surface area contributed by atoms with Crippen LogP contribution < -0.4 is 11.3 Å². The highest BCUT2D eigenvalue weighted by Crippen LogP contribution is 2.35. The summed E-state index contributed by atoms with van der Waals surface area (Å²) in [4.78, 5) is 28.4. The highest BCUT2D eigenvalue weighted by Gasteiger charge is 2.38. The summed E-state index contributed by atoms with van der Waals surface area (Å²) in [5.41, 5.74) is 5.88. The maximum absolute atomic E-state index is 12.3. The summed E-state index contributed by atoms with van der Waals surface area (Å²) in [5.74, 6) is -0.152. The van der Waals surface area contributed by atoms with Crippen LogP contribution in [-0.4, -0.2) is 44.9 Å². The number of nitrogens with zero attached hydrogens (tertiary/aromatic N) is 1. The molecule has 0 aromatic carbocycles. The van der Waals surface area contributed by atoms with E-state index in [-0.39, 0.29) is 16.2 Å². The molecule has 2 rings (SSSR count). The molecule has 3 N–H and O–H groups in total. The van der Waals surface area contributed by atoms with Gasteiger partial charge in [-0.15, -0.1) is 0 Å². The first kappa shape index (κ1) is 15.1. The molecule has 0 saturated carbocycles. The Labute approximate surface area is 126 Å². The monoisotopic (exact) mass is 311 g/mol. The number of carbonyl (C=O) groups is 1. The Morgan fingerprint density at radius 3 is 2.60 bits per heavy atom. The number of hydrogen-bond donors (Lipinski definition) is 2. The van der Waals surface area contributed by atoms with Gasteiger partial charge in [-0.2, -0.15) is 11.8 Å². The van der Waals surface area contributed by atoms with E-state index in [4.69, 9.17) is 18.0 Å². The number of amides is 1. The van der Waals surface area contributed by atoms with Crippen molar-refractivity contribution >= 4 is 34.9 Å². The molecule has 1 saturated heterocycles. The van der Waals surface area contributed by atoms with Crippen molar-refractivity contribution in [3.63, 3.8) is 0 Å². The van der Waals surface area contributed by atoms with Gasteiger partial charge in [-0.3, -0.25) is 9.59 Å². The van der Waals surface area contributed by atoms with Crippen LogP contribution in [0.1, 0.15) is 23.3 Å². The first-order chi connectivity index (χ1) is 9.48. The smallest absolute Gasteiger partial charge is 0.270 e. The lowest BCUT2D eigenvalue weighted by molar-refractivity contribution is 0.0712. The van der Waals surface area contributed by atoms with Crippen LogP contribution in [0.25, 0.3) is 0 Å². The lowest BCUT2D eigenvalue weighted by atomic mass is 9.95. The molecule has 0 bridgehead atoms. The minimum absolute atomic E-state index is 0.152. The number of thiocarbonyl (C=S) groups is 1. The number of nitrogens with two attached hydrogens (primary N) is 1. The van der Waals surface area contributed by atoms with Gasteiger partial charge in [0.1, 0.15) is 5.69 Å². The molecule has 2 heterocycles. The minimum atomic E-state index is -0.269. The van der Waals surface area contributed by atoms with Gasteiger partial charge in [0.15, 0.2) is 0 Å². The van der Waals surface area contributed by atoms with E-state index in [0.717, 1.165) is 12.8 Å². The predicted molar refractivity (Wildman–Crippen MR) is 85.2 cm³/mol. The summed E-state index contributed by atoms with van der Waals surface area (Å²) in [6.07, 6.45) is 3.48. The van der Waals surface area contributed by atoms with E-state index in [1.807, 2.05) is 6.26 Å². The van der Waals surface area contributed by atoms with Crippen molar-refractivity contribution in [1.82, 2.24) is 9.88 Å². The van der Waals surface area contributed by atoms with Gasteiger partial charge < -0.3 is 15.6 Å². The summed E-state index contributed by atoms with van der Waals surface area (Å²) in [5, 5.41) is 0. The van der Waals surface area contributed by atoms with Gasteiger partial charge in [-0.1, -0.05) is 18.3 Å². The van der Waals surface area contributed by atoms with Gasteiger partial charge in [0.05, 0.1) is 9.74 Å². The van der Waals surface area contributed by atoms with Crippen LogP contribution >= 0.6 is 24.0 Å². The average molecular weight is 311 g/mol. The number of nitrogens with one attached hydrogen (secondary N) is 1. The van der Waals surface area contributed by atoms with Crippen molar-refractivity contribution in [2.24, 2.45) is 5.73 Å². The molecule has 0 unspecified atom stereocenters. The van der Waals surface area contributed by atoms with Gasteiger partial charge >= 0.3 is 0 Å². The molecule has 1 fully saturated rings. The van der Waals surface area contributed by atoms with Crippen molar-refractivity contribution in [2.75, 3.05) is 19.3 Å². The minimum Gasteiger partial charge on any atom is -0.392 e. The first-order valence-electron chi connectivity index (χ1n) is 6.32. The van der Waals surface area contributed by atoms with Crippen LogP contribution in [-0.2, 0) is 0 Å². The highest BCUT2D eigenvalue weighted by atomic mass is 32.2. The highest BCUT2D eigenvalue weighted by molar-refractivity contribution is 8.02. The van der Waals surface area contributed by atoms with Gasteiger partial charge in [-0.25, -0.2) is 0 Å². The quantitative estimate of drug-likeness (QED) is 0.814. The maximum Gasteiger partial charge on any atom is 0.270 e. The Hall–Kier alpha value is -1.34. The summed E-state index contributed by atoms with van der Waals surface area (Å²) < 4.78 is -0.212. The second kappa shape index (κ2) is 5.97. The van der Waals surface area contributed by atoms with E-state index in [1.54, 1.807) is 28.8 Å². The van der Waals surface area contributed by atoms with Crippen LogP contribution in [0.4, 0.5) is 0 Å². The zero-order valence-corrected chi connectivity index (χ0v) is 12.9. The second-order valence-corrected chi connectivity index (χ2v) is 6.41. The zero-order chi connectivity index (χ0) is 14.8. The van der Waals surface area contributed by atoms with E-state index >= 15 is 0 Å². The van der Waals surface area contributed by atoms with Crippen LogP contribution in [0.5, 0.6) is 0 Å². The van der Waals surface area contributed by atoms with E-state index in [0.29, 0.717) is 23.8 Å². The average Bonchev–Trinajstić information content (AvgIpc) is 2.46. The molecule has 20 heavy (non-hydrogen) atoms. The Morgan fingerprint density at radius 2 is 2.10 bits per heavy atom. The molecule has 1 aromatic heterocycles. The number of aromatic nitrogens is 1. The Balaban J connectivity index is 2.09. The van der Waals surface area contributed by atoms with E-state index < -0.39 is 0 Å². The molecule has 5 nitrogen and oxygen atoms in total.